The number of hydrogen-bond acceptors (Lipinski definition) is 4. The Bertz CT molecular complexity index is 809. The molecular weight excluding hydrogens is 319 g/mol. The Kier molecular flexibility index (Phi) is 4.45. The van der Waals surface area contributed by atoms with Crippen LogP contribution >= 0.6 is 23.1 Å². The molecule has 0 saturated heterocycles. The van der Waals surface area contributed by atoms with Crippen molar-refractivity contribution in [2.24, 2.45) is 0 Å². The zero-order chi connectivity index (χ0) is 15.5. The average Bonchev–Trinajstić information content (AvgIpc) is 2.96. The Balaban J connectivity index is 1.76. The Morgan fingerprint density at radius 1 is 1.18 bits per heavy atom. The molecule has 2 nitrogen and oxygen atoms in total. The van der Waals surface area contributed by atoms with Crippen LogP contribution in [0.5, 0.6) is 0 Å². The molecule has 1 aromatic heterocycles. The highest BCUT2D eigenvalue weighted by Crippen LogP contribution is 2.30. The molecule has 0 atom stereocenters. The molecule has 3 rings (SSSR count). The van der Waals surface area contributed by atoms with E-state index >= 15 is 0 Å². The normalized spacial score (nSPS) is 10.8. The highest BCUT2D eigenvalue weighted by atomic mass is 32.2. The van der Waals surface area contributed by atoms with Gasteiger partial charge in [-0.3, -0.25) is 0 Å². The van der Waals surface area contributed by atoms with Gasteiger partial charge < -0.3 is 4.74 Å². The molecule has 5 heteroatoms. The molecule has 0 aliphatic carbocycles. The summed E-state index contributed by atoms with van der Waals surface area (Å²) in [6.45, 7) is 0. The molecule has 0 fully saturated rings. The van der Waals surface area contributed by atoms with E-state index in [0.29, 0.717) is 4.88 Å². The van der Waals surface area contributed by atoms with Gasteiger partial charge >= 0.3 is 5.97 Å². The highest BCUT2D eigenvalue weighted by Gasteiger charge is 2.10. The molecule has 112 valence electrons. The van der Waals surface area contributed by atoms with Gasteiger partial charge in [-0.25, -0.2) is 9.18 Å². The van der Waals surface area contributed by atoms with Crippen molar-refractivity contribution >= 4 is 39.2 Å². The van der Waals surface area contributed by atoms with Crippen LogP contribution in [-0.2, 0) is 10.5 Å². The number of carbonyl (C=O) groups excluding carboxylic acids is 1. The Morgan fingerprint density at radius 3 is 2.68 bits per heavy atom. The van der Waals surface area contributed by atoms with Gasteiger partial charge in [-0.1, -0.05) is 12.1 Å². The molecule has 0 aliphatic heterocycles. The van der Waals surface area contributed by atoms with Crippen molar-refractivity contribution in [1.82, 2.24) is 0 Å². The first-order valence-corrected chi connectivity index (χ1v) is 8.45. The maximum Gasteiger partial charge on any atom is 0.348 e. The predicted molar refractivity (Wildman–Crippen MR) is 89.1 cm³/mol. The van der Waals surface area contributed by atoms with Crippen molar-refractivity contribution in [3.8, 4) is 0 Å². The van der Waals surface area contributed by atoms with Crippen molar-refractivity contribution in [3.63, 3.8) is 0 Å². The quantitative estimate of drug-likeness (QED) is 0.490. The summed E-state index contributed by atoms with van der Waals surface area (Å²) in [6.07, 6.45) is 0. The number of carbonyl (C=O) groups is 1. The topological polar surface area (TPSA) is 26.3 Å². The van der Waals surface area contributed by atoms with Gasteiger partial charge in [0, 0.05) is 15.3 Å². The van der Waals surface area contributed by atoms with E-state index in [1.165, 1.54) is 36.1 Å². The van der Waals surface area contributed by atoms with E-state index in [9.17, 15) is 9.18 Å². The van der Waals surface area contributed by atoms with Crippen LogP contribution in [0.3, 0.4) is 0 Å². The summed E-state index contributed by atoms with van der Waals surface area (Å²) in [5, 5.41) is 1.04. The number of fused-ring (bicyclic) bond motifs is 1. The van der Waals surface area contributed by atoms with Gasteiger partial charge in [0.1, 0.15) is 10.7 Å². The number of ether oxygens (including phenoxy) is 1. The first-order chi connectivity index (χ1) is 10.7. The Labute approximate surface area is 135 Å². The first kappa shape index (κ1) is 15.1. The molecular formula is C17H13FO2S2. The zero-order valence-corrected chi connectivity index (χ0v) is 13.5. The predicted octanol–water partition coefficient (Wildman–Crippen LogP) is 5.12. The van der Waals surface area contributed by atoms with Gasteiger partial charge in [0.25, 0.3) is 0 Å². The summed E-state index contributed by atoms with van der Waals surface area (Å²) in [4.78, 5) is 13.2. The molecule has 0 saturated carbocycles. The standard InChI is InChI=1S/C17H13FO2S2/c1-20-17(19)16-9-12-3-2-11(8-15(12)22-16)10-21-14-6-4-13(18)5-7-14/h2-9H,10H2,1H3. The van der Waals surface area contributed by atoms with Gasteiger partial charge in [-0.2, -0.15) is 0 Å². The van der Waals surface area contributed by atoms with E-state index in [4.69, 9.17) is 4.74 Å². The van der Waals surface area contributed by atoms with Crippen LogP contribution in [0.1, 0.15) is 15.2 Å². The van der Waals surface area contributed by atoms with Crippen LogP contribution in [-0.4, -0.2) is 13.1 Å². The molecule has 22 heavy (non-hydrogen) atoms. The van der Waals surface area contributed by atoms with Gasteiger partial charge in [0.2, 0.25) is 0 Å². The number of thiophene rings is 1. The summed E-state index contributed by atoms with van der Waals surface area (Å²) < 4.78 is 18.7. The van der Waals surface area contributed by atoms with Crippen LogP contribution < -0.4 is 0 Å². The molecule has 1 heterocycles. The molecule has 0 spiro atoms. The van der Waals surface area contributed by atoms with Crippen LogP contribution in [0.25, 0.3) is 10.1 Å². The number of thioether (sulfide) groups is 1. The molecule has 0 radical (unpaired) electrons. The molecule has 0 unspecified atom stereocenters. The number of methoxy groups -OCH3 is 1. The molecule has 0 amide bonds. The smallest absolute Gasteiger partial charge is 0.348 e. The van der Waals surface area contributed by atoms with Crippen molar-refractivity contribution in [1.29, 1.82) is 0 Å². The zero-order valence-electron chi connectivity index (χ0n) is 11.8. The van der Waals surface area contributed by atoms with E-state index in [1.54, 1.807) is 23.9 Å². The monoisotopic (exact) mass is 332 g/mol. The van der Waals surface area contributed by atoms with Crippen molar-refractivity contribution < 1.29 is 13.9 Å². The molecule has 2 aromatic carbocycles. The maximum absolute atomic E-state index is 12.9. The SMILES string of the molecule is COC(=O)c1cc2ccc(CSc3ccc(F)cc3)cc2s1. The summed E-state index contributed by atoms with van der Waals surface area (Å²) in [7, 11) is 1.39. The summed E-state index contributed by atoms with van der Waals surface area (Å²) in [6, 6.07) is 14.5. The van der Waals surface area contributed by atoms with Crippen molar-refractivity contribution in [2.75, 3.05) is 7.11 Å². The third-order valence-corrected chi connectivity index (χ3v) is 5.35. The lowest BCUT2D eigenvalue weighted by atomic mass is 10.2. The minimum absolute atomic E-state index is 0.223. The van der Waals surface area contributed by atoms with Crippen LogP contribution in [0.2, 0.25) is 0 Å². The maximum atomic E-state index is 12.9. The molecule has 0 bridgehead atoms. The fourth-order valence-corrected chi connectivity index (χ4v) is 3.95. The number of rotatable bonds is 4. The minimum atomic E-state index is -0.302. The van der Waals surface area contributed by atoms with Crippen LogP contribution in [0.15, 0.2) is 53.4 Å². The van der Waals surface area contributed by atoms with E-state index in [-0.39, 0.29) is 11.8 Å². The van der Waals surface area contributed by atoms with Crippen molar-refractivity contribution in [3.05, 3.63) is 64.8 Å². The Morgan fingerprint density at radius 2 is 1.95 bits per heavy atom. The van der Waals surface area contributed by atoms with E-state index in [0.717, 1.165) is 20.7 Å². The van der Waals surface area contributed by atoms with Gasteiger partial charge in [-0.05, 0) is 47.3 Å². The second-order valence-corrected chi connectivity index (χ2v) is 6.85. The second-order valence-electron chi connectivity index (χ2n) is 4.72. The van der Waals surface area contributed by atoms with E-state index in [1.807, 2.05) is 18.2 Å². The van der Waals surface area contributed by atoms with Crippen LogP contribution in [0, 0.1) is 5.82 Å². The lowest BCUT2D eigenvalue weighted by Gasteiger charge is -2.02. The minimum Gasteiger partial charge on any atom is -0.465 e. The third-order valence-electron chi connectivity index (χ3n) is 3.19. The second kappa shape index (κ2) is 6.50. The first-order valence-electron chi connectivity index (χ1n) is 6.65. The fourth-order valence-electron chi connectivity index (χ4n) is 2.06. The number of esters is 1. The number of benzene rings is 2. The lowest BCUT2D eigenvalue weighted by molar-refractivity contribution is 0.0606. The molecule has 0 aliphatic rings. The van der Waals surface area contributed by atoms with Gasteiger partial charge in [0.15, 0.2) is 0 Å². The largest absolute Gasteiger partial charge is 0.465 e. The summed E-state index contributed by atoms with van der Waals surface area (Å²) in [5.74, 6) is 0.274. The van der Waals surface area contributed by atoms with E-state index in [2.05, 4.69) is 6.07 Å². The van der Waals surface area contributed by atoms with Crippen molar-refractivity contribution in [2.45, 2.75) is 10.6 Å². The van der Waals surface area contributed by atoms with Gasteiger partial charge in [-0.15, -0.1) is 23.1 Å². The molecule has 0 N–H and O–H groups in total. The fraction of sp³-hybridized carbons (Fsp3) is 0.118. The van der Waals surface area contributed by atoms with Gasteiger partial charge in [0.05, 0.1) is 7.11 Å². The Hall–Kier alpha value is -1.85. The average molecular weight is 332 g/mol. The summed E-state index contributed by atoms with van der Waals surface area (Å²) >= 11 is 3.09. The molecule has 3 aromatic rings. The third kappa shape index (κ3) is 3.31. The van der Waals surface area contributed by atoms with Crippen LogP contribution in [0.4, 0.5) is 4.39 Å². The lowest BCUT2D eigenvalue weighted by Crippen LogP contribution is -1.96. The summed E-state index contributed by atoms with van der Waals surface area (Å²) in [5.41, 5.74) is 1.17. The van der Waals surface area contributed by atoms with E-state index < -0.39 is 0 Å². The number of halogens is 1. The number of hydrogen-bond donors (Lipinski definition) is 0. The highest BCUT2D eigenvalue weighted by molar-refractivity contribution is 7.98.